The molecule has 24 heavy (non-hydrogen) atoms. The Morgan fingerprint density at radius 1 is 0.792 bits per heavy atom. The summed E-state index contributed by atoms with van der Waals surface area (Å²) in [5, 5.41) is 0. The Hall–Kier alpha value is -1.18. The SMILES string of the molecule is [CH2-][NH+](CC(=O)N1CC[N+](C)(C)CC1)CC(=O)N1CC[N+](C)(C)CC1. The van der Waals surface area contributed by atoms with Crippen molar-refractivity contribution in [1.29, 1.82) is 0 Å². The third kappa shape index (κ3) is 5.43. The van der Waals surface area contributed by atoms with Crippen LogP contribution in [-0.2, 0) is 9.59 Å². The van der Waals surface area contributed by atoms with Crippen LogP contribution in [0.2, 0.25) is 0 Å². The van der Waals surface area contributed by atoms with Crippen molar-refractivity contribution in [2.24, 2.45) is 0 Å². The summed E-state index contributed by atoms with van der Waals surface area (Å²) in [7, 11) is 12.7. The van der Waals surface area contributed by atoms with E-state index in [4.69, 9.17) is 0 Å². The Labute approximate surface area is 146 Å². The molecule has 0 unspecified atom stereocenters. The Kier molecular flexibility index (Phi) is 5.88. The fourth-order valence-corrected chi connectivity index (χ4v) is 3.23. The highest BCUT2D eigenvalue weighted by molar-refractivity contribution is 5.79. The maximum absolute atomic E-state index is 12.4. The van der Waals surface area contributed by atoms with Gasteiger partial charge in [0.1, 0.15) is 13.1 Å². The van der Waals surface area contributed by atoms with Crippen LogP contribution in [-0.4, -0.2) is 124 Å². The predicted octanol–water partition coefficient (Wildman–Crippen LogP) is -2.50. The van der Waals surface area contributed by atoms with E-state index >= 15 is 0 Å². The van der Waals surface area contributed by atoms with Crippen LogP contribution < -0.4 is 4.90 Å². The van der Waals surface area contributed by atoms with E-state index in [2.05, 4.69) is 35.2 Å². The number of nitrogens with zero attached hydrogens (tertiary/aromatic N) is 4. The van der Waals surface area contributed by atoms with Crippen molar-refractivity contribution in [3.63, 3.8) is 0 Å². The van der Waals surface area contributed by atoms with E-state index in [0.29, 0.717) is 13.1 Å². The average molecular weight is 342 g/mol. The molecular formula is C17H35N5O2+2. The van der Waals surface area contributed by atoms with Gasteiger partial charge in [-0.1, -0.05) is 0 Å². The predicted molar refractivity (Wildman–Crippen MR) is 92.9 cm³/mol. The molecular weight excluding hydrogens is 306 g/mol. The molecule has 2 saturated heterocycles. The molecule has 0 saturated carbocycles. The lowest BCUT2D eigenvalue weighted by atomic mass is 10.2. The first-order chi connectivity index (χ1) is 11.1. The molecule has 7 heteroatoms. The van der Waals surface area contributed by atoms with Crippen LogP contribution in [0.25, 0.3) is 0 Å². The number of amides is 2. The third-order valence-corrected chi connectivity index (χ3v) is 5.41. The van der Waals surface area contributed by atoms with Crippen LogP contribution >= 0.6 is 0 Å². The number of nitrogens with one attached hydrogen (secondary N) is 1. The largest absolute Gasteiger partial charge is 0.452 e. The van der Waals surface area contributed by atoms with Crippen LogP contribution in [0.3, 0.4) is 0 Å². The maximum atomic E-state index is 12.4. The molecule has 0 bridgehead atoms. The molecule has 0 aromatic heterocycles. The first-order valence-electron chi connectivity index (χ1n) is 8.94. The summed E-state index contributed by atoms with van der Waals surface area (Å²) in [5.74, 6) is 0.230. The summed E-state index contributed by atoms with van der Waals surface area (Å²) < 4.78 is 1.93. The highest BCUT2D eigenvalue weighted by atomic mass is 16.2. The minimum atomic E-state index is 0.115. The van der Waals surface area contributed by atoms with Crippen LogP contribution in [0.5, 0.6) is 0 Å². The third-order valence-electron chi connectivity index (χ3n) is 5.41. The van der Waals surface area contributed by atoms with Crippen molar-refractivity contribution in [3.8, 4) is 0 Å². The molecule has 2 aliphatic rings. The molecule has 0 radical (unpaired) electrons. The van der Waals surface area contributed by atoms with Gasteiger partial charge in [-0.2, -0.15) is 0 Å². The zero-order valence-electron chi connectivity index (χ0n) is 15.9. The Bertz CT molecular complexity index is 416. The zero-order chi connectivity index (χ0) is 18.0. The van der Waals surface area contributed by atoms with Gasteiger partial charge in [0.2, 0.25) is 0 Å². The highest BCUT2D eigenvalue weighted by Gasteiger charge is 2.30. The molecule has 2 fully saturated rings. The second kappa shape index (κ2) is 7.37. The molecule has 2 heterocycles. The molecule has 138 valence electrons. The second-order valence-electron chi connectivity index (χ2n) is 8.63. The lowest BCUT2D eigenvalue weighted by Crippen LogP contribution is -3.09. The highest BCUT2D eigenvalue weighted by Crippen LogP contribution is 2.07. The van der Waals surface area contributed by atoms with E-state index in [-0.39, 0.29) is 11.8 Å². The fraction of sp³-hybridized carbons (Fsp3) is 0.824. The number of quaternary nitrogens is 3. The van der Waals surface area contributed by atoms with Gasteiger partial charge in [-0.05, 0) is 0 Å². The molecule has 0 aromatic carbocycles. The van der Waals surface area contributed by atoms with E-state index in [1.54, 1.807) is 0 Å². The molecule has 0 aromatic rings. The van der Waals surface area contributed by atoms with Gasteiger partial charge in [-0.3, -0.25) is 9.59 Å². The zero-order valence-corrected chi connectivity index (χ0v) is 15.9. The first-order valence-corrected chi connectivity index (χ1v) is 8.94. The van der Waals surface area contributed by atoms with Crippen molar-refractivity contribution in [1.82, 2.24) is 9.80 Å². The van der Waals surface area contributed by atoms with Gasteiger partial charge in [-0.15, -0.1) is 7.05 Å². The molecule has 0 atom stereocenters. The molecule has 0 spiro atoms. The quantitative estimate of drug-likeness (QED) is 0.454. The van der Waals surface area contributed by atoms with E-state index in [9.17, 15) is 9.59 Å². The number of hydrogen-bond donors (Lipinski definition) is 1. The van der Waals surface area contributed by atoms with Crippen LogP contribution in [0, 0.1) is 7.05 Å². The van der Waals surface area contributed by atoms with Gasteiger partial charge >= 0.3 is 0 Å². The van der Waals surface area contributed by atoms with Crippen molar-refractivity contribution in [3.05, 3.63) is 7.05 Å². The van der Waals surface area contributed by atoms with Gasteiger partial charge in [0, 0.05) is 0 Å². The smallest absolute Gasteiger partial charge is 0.275 e. The Balaban J connectivity index is 1.73. The van der Waals surface area contributed by atoms with Gasteiger partial charge < -0.3 is 23.7 Å². The molecule has 1 N–H and O–H groups in total. The first kappa shape index (κ1) is 19.1. The molecule has 7 nitrogen and oxygen atoms in total. The summed E-state index contributed by atoms with van der Waals surface area (Å²) in [5.41, 5.74) is 0. The number of rotatable bonds is 4. The van der Waals surface area contributed by atoms with Crippen LogP contribution in [0.1, 0.15) is 0 Å². The summed E-state index contributed by atoms with van der Waals surface area (Å²) >= 11 is 0. The standard InChI is InChI=1S/C17H35N5O2/c1-18(14-16(23)19-6-10-21(2,3)11-7-19)15-17(24)20-8-12-22(4,5)13-9-20/h18H,1,6-15H2,2-5H3/q+2. The molecule has 2 aliphatic heterocycles. The van der Waals surface area contributed by atoms with Crippen molar-refractivity contribution < 1.29 is 23.5 Å². The summed E-state index contributed by atoms with van der Waals surface area (Å²) in [6.45, 7) is 7.73. The summed E-state index contributed by atoms with van der Waals surface area (Å²) in [4.78, 5) is 29.4. The van der Waals surface area contributed by atoms with Crippen molar-refractivity contribution >= 4 is 11.8 Å². The number of piperazine rings is 2. The summed E-state index contributed by atoms with van der Waals surface area (Å²) in [6.07, 6.45) is 0. The minimum absolute atomic E-state index is 0.115. The monoisotopic (exact) mass is 341 g/mol. The van der Waals surface area contributed by atoms with Gasteiger partial charge in [0.25, 0.3) is 11.8 Å². The van der Waals surface area contributed by atoms with E-state index < -0.39 is 0 Å². The lowest BCUT2D eigenvalue weighted by Gasteiger charge is -2.40. The van der Waals surface area contributed by atoms with Gasteiger partial charge in [0.15, 0.2) is 0 Å². The topological polar surface area (TPSA) is 45.1 Å². The lowest BCUT2D eigenvalue weighted by molar-refractivity contribution is -0.894. The van der Waals surface area contributed by atoms with Crippen LogP contribution in [0.15, 0.2) is 0 Å². The van der Waals surface area contributed by atoms with E-state index in [1.807, 2.05) is 9.80 Å². The number of hydrogen-bond acceptors (Lipinski definition) is 2. The molecule has 2 amide bonds. The van der Waals surface area contributed by atoms with E-state index in [0.717, 1.165) is 66.2 Å². The average Bonchev–Trinajstić information content (AvgIpc) is 2.46. The minimum Gasteiger partial charge on any atom is -0.452 e. The van der Waals surface area contributed by atoms with Crippen molar-refractivity contribution in [2.45, 2.75) is 0 Å². The maximum Gasteiger partial charge on any atom is 0.275 e. The Morgan fingerprint density at radius 2 is 1.08 bits per heavy atom. The van der Waals surface area contributed by atoms with Gasteiger partial charge in [0.05, 0.1) is 80.5 Å². The fourth-order valence-electron chi connectivity index (χ4n) is 3.23. The van der Waals surface area contributed by atoms with Gasteiger partial charge in [-0.25, -0.2) is 0 Å². The van der Waals surface area contributed by atoms with Crippen LogP contribution in [0.4, 0.5) is 0 Å². The number of carbonyl (C=O) groups is 2. The summed E-state index contributed by atoms with van der Waals surface area (Å²) in [6, 6.07) is 0. The second-order valence-corrected chi connectivity index (χ2v) is 8.63. The normalized spacial score (nSPS) is 23.4. The Morgan fingerprint density at radius 3 is 1.38 bits per heavy atom. The number of carbonyl (C=O) groups excluding carboxylic acids is 2. The molecule has 2 rings (SSSR count). The molecule has 0 aliphatic carbocycles. The van der Waals surface area contributed by atoms with E-state index in [1.165, 1.54) is 0 Å². The van der Waals surface area contributed by atoms with Crippen molar-refractivity contribution in [2.75, 3.05) is 93.6 Å². The number of likely N-dealkylation sites (N-methyl/N-ethyl adjacent to an activating group) is 2.